The van der Waals surface area contributed by atoms with Crippen molar-refractivity contribution in [2.45, 2.75) is 45.1 Å². The van der Waals surface area contributed by atoms with E-state index in [1.807, 2.05) is 19.2 Å². The van der Waals surface area contributed by atoms with E-state index in [1.165, 1.54) is 32.1 Å². The van der Waals surface area contributed by atoms with Crippen LogP contribution < -0.4 is 5.32 Å². The van der Waals surface area contributed by atoms with Crippen molar-refractivity contribution in [3.63, 3.8) is 0 Å². The Hall–Kier alpha value is -0.240. The molecule has 0 bridgehead atoms. The Bertz CT molecular complexity index is 419. The van der Waals surface area contributed by atoms with Crippen LogP contribution in [0.15, 0.2) is 18.2 Å². The molecule has 106 valence electrons. The van der Waals surface area contributed by atoms with Gasteiger partial charge in [-0.3, -0.25) is 0 Å². The van der Waals surface area contributed by atoms with Crippen molar-refractivity contribution in [2.75, 3.05) is 7.05 Å². The van der Waals surface area contributed by atoms with Crippen LogP contribution in [0.5, 0.6) is 0 Å². The van der Waals surface area contributed by atoms with Crippen LogP contribution in [0, 0.1) is 11.8 Å². The normalized spacial score (nSPS) is 25.3. The topological polar surface area (TPSA) is 12.0 Å². The molecule has 0 aromatic heterocycles. The molecule has 1 aliphatic rings. The van der Waals surface area contributed by atoms with Crippen molar-refractivity contribution in [3.05, 3.63) is 33.8 Å². The summed E-state index contributed by atoms with van der Waals surface area (Å²) >= 11 is 12.6. The van der Waals surface area contributed by atoms with Crippen LogP contribution in [-0.2, 0) is 0 Å². The zero-order chi connectivity index (χ0) is 13.8. The minimum absolute atomic E-state index is 0.316. The molecule has 1 N–H and O–H groups in total. The Morgan fingerprint density at radius 3 is 2.68 bits per heavy atom. The minimum atomic E-state index is 0.316. The van der Waals surface area contributed by atoms with Gasteiger partial charge in [-0.1, -0.05) is 67.9 Å². The van der Waals surface area contributed by atoms with E-state index in [4.69, 9.17) is 23.2 Å². The van der Waals surface area contributed by atoms with Gasteiger partial charge in [0.2, 0.25) is 0 Å². The molecule has 3 heteroatoms. The van der Waals surface area contributed by atoms with Gasteiger partial charge in [0.15, 0.2) is 0 Å². The second kappa shape index (κ2) is 6.97. The van der Waals surface area contributed by atoms with E-state index in [0.29, 0.717) is 22.0 Å². The molecule has 3 unspecified atom stereocenters. The monoisotopic (exact) mass is 299 g/mol. The Kier molecular flexibility index (Phi) is 5.56. The number of rotatable bonds is 4. The van der Waals surface area contributed by atoms with Gasteiger partial charge in [-0.2, -0.15) is 0 Å². The zero-order valence-corrected chi connectivity index (χ0v) is 13.3. The van der Waals surface area contributed by atoms with E-state index in [0.717, 1.165) is 11.5 Å². The van der Waals surface area contributed by atoms with E-state index in [1.54, 1.807) is 0 Å². The van der Waals surface area contributed by atoms with Crippen LogP contribution in [0.25, 0.3) is 0 Å². The van der Waals surface area contributed by atoms with Crippen molar-refractivity contribution in [2.24, 2.45) is 11.8 Å². The molecule has 1 aromatic rings. The lowest BCUT2D eigenvalue weighted by molar-refractivity contribution is 0.180. The van der Waals surface area contributed by atoms with Crippen LogP contribution in [-0.4, -0.2) is 7.05 Å². The fraction of sp³-hybridized carbons (Fsp3) is 0.625. The Morgan fingerprint density at radius 1 is 1.26 bits per heavy atom. The third kappa shape index (κ3) is 3.26. The second-order valence-electron chi connectivity index (χ2n) is 5.53. The third-order valence-corrected chi connectivity index (χ3v) is 5.38. The van der Waals surface area contributed by atoms with Gasteiger partial charge < -0.3 is 5.32 Å². The summed E-state index contributed by atoms with van der Waals surface area (Å²) in [6, 6.07) is 6.28. The van der Waals surface area contributed by atoms with Gasteiger partial charge in [-0.15, -0.1) is 0 Å². The average Bonchev–Trinajstić information content (AvgIpc) is 2.45. The van der Waals surface area contributed by atoms with E-state index in [9.17, 15) is 0 Å². The smallest absolute Gasteiger partial charge is 0.0640 e. The van der Waals surface area contributed by atoms with Crippen LogP contribution in [0.3, 0.4) is 0 Å². The minimum Gasteiger partial charge on any atom is -0.313 e. The predicted octanol–water partition coefficient (Wildman–Crippen LogP) is 5.47. The summed E-state index contributed by atoms with van der Waals surface area (Å²) in [6.45, 7) is 2.30. The highest BCUT2D eigenvalue weighted by Gasteiger charge is 2.32. The van der Waals surface area contributed by atoms with Gasteiger partial charge in [-0.05, 0) is 36.9 Å². The number of hydrogen-bond acceptors (Lipinski definition) is 1. The van der Waals surface area contributed by atoms with Gasteiger partial charge in [-0.25, -0.2) is 0 Å². The van der Waals surface area contributed by atoms with E-state index in [2.05, 4.69) is 18.3 Å². The van der Waals surface area contributed by atoms with Gasteiger partial charge in [0.05, 0.1) is 10.0 Å². The van der Waals surface area contributed by atoms with Gasteiger partial charge in [0.25, 0.3) is 0 Å². The van der Waals surface area contributed by atoms with E-state index in [-0.39, 0.29) is 0 Å². The summed E-state index contributed by atoms with van der Waals surface area (Å²) in [5, 5.41) is 4.85. The summed E-state index contributed by atoms with van der Waals surface area (Å²) in [4.78, 5) is 0. The lowest BCUT2D eigenvalue weighted by Gasteiger charge is -2.37. The lowest BCUT2D eigenvalue weighted by Crippen LogP contribution is -2.32. The first-order chi connectivity index (χ1) is 9.19. The van der Waals surface area contributed by atoms with Gasteiger partial charge in [0, 0.05) is 6.04 Å². The van der Waals surface area contributed by atoms with Crippen LogP contribution in [0.2, 0.25) is 10.0 Å². The van der Waals surface area contributed by atoms with Crippen molar-refractivity contribution >= 4 is 23.2 Å². The molecular weight excluding hydrogens is 277 g/mol. The molecule has 0 saturated heterocycles. The third-order valence-electron chi connectivity index (χ3n) is 4.55. The average molecular weight is 300 g/mol. The molecule has 1 nitrogen and oxygen atoms in total. The Balaban J connectivity index is 2.30. The Morgan fingerprint density at radius 2 is 2.00 bits per heavy atom. The molecule has 0 heterocycles. The second-order valence-corrected chi connectivity index (χ2v) is 6.31. The first kappa shape index (κ1) is 15.2. The molecule has 1 aromatic carbocycles. The predicted molar refractivity (Wildman–Crippen MR) is 84.0 cm³/mol. The van der Waals surface area contributed by atoms with Crippen molar-refractivity contribution in [1.29, 1.82) is 0 Å². The SMILES string of the molecule is CCC1CCCCC1C(NC)c1cccc(Cl)c1Cl. The molecule has 19 heavy (non-hydrogen) atoms. The van der Waals surface area contributed by atoms with Crippen molar-refractivity contribution in [3.8, 4) is 0 Å². The maximum atomic E-state index is 6.40. The first-order valence-corrected chi connectivity index (χ1v) is 8.05. The summed E-state index contributed by atoms with van der Waals surface area (Å²) in [5.74, 6) is 1.46. The van der Waals surface area contributed by atoms with Crippen molar-refractivity contribution < 1.29 is 0 Å². The molecule has 0 aliphatic heterocycles. The van der Waals surface area contributed by atoms with Crippen LogP contribution >= 0.6 is 23.2 Å². The first-order valence-electron chi connectivity index (χ1n) is 7.30. The Labute approximate surface area is 126 Å². The molecule has 1 saturated carbocycles. The van der Waals surface area contributed by atoms with Crippen LogP contribution in [0.1, 0.15) is 50.6 Å². The largest absolute Gasteiger partial charge is 0.313 e. The summed E-state index contributed by atoms with van der Waals surface area (Å²) in [5.41, 5.74) is 1.15. The van der Waals surface area contributed by atoms with Crippen LogP contribution in [0.4, 0.5) is 0 Å². The molecular formula is C16H23Cl2N. The lowest BCUT2D eigenvalue weighted by atomic mass is 9.72. The zero-order valence-electron chi connectivity index (χ0n) is 11.8. The molecule has 1 aliphatic carbocycles. The van der Waals surface area contributed by atoms with E-state index >= 15 is 0 Å². The highest BCUT2D eigenvalue weighted by Crippen LogP contribution is 2.42. The molecule has 0 spiro atoms. The molecule has 1 fully saturated rings. The number of nitrogens with one attached hydrogen (secondary N) is 1. The molecule has 0 amide bonds. The highest BCUT2D eigenvalue weighted by molar-refractivity contribution is 6.42. The maximum absolute atomic E-state index is 6.40. The van der Waals surface area contributed by atoms with Gasteiger partial charge in [0.1, 0.15) is 0 Å². The fourth-order valence-electron chi connectivity index (χ4n) is 3.54. The summed E-state index contributed by atoms with van der Waals surface area (Å²) in [6.07, 6.45) is 6.58. The fourth-order valence-corrected chi connectivity index (χ4v) is 3.97. The van der Waals surface area contributed by atoms with Gasteiger partial charge >= 0.3 is 0 Å². The summed E-state index contributed by atoms with van der Waals surface area (Å²) < 4.78 is 0. The highest BCUT2D eigenvalue weighted by atomic mass is 35.5. The number of benzene rings is 1. The quantitative estimate of drug-likeness (QED) is 0.777. The van der Waals surface area contributed by atoms with E-state index < -0.39 is 0 Å². The molecule has 2 rings (SSSR count). The standard InChI is InChI=1S/C16H23Cl2N/c1-3-11-7-4-5-8-12(11)16(19-2)13-9-6-10-14(17)15(13)18/h6,9-12,16,19H,3-5,7-8H2,1-2H3. The maximum Gasteiger partial charge on any atom is 0.0640 e. The molecule has 0 radical (unpaired) electrons. The number of hydrogen-bond donors (Lipinski definition) is 1. The van der Waals surface area contributed by atoms with Crippen molar-refractivity contribution in [1.82, 2.24) is 5.32 Å². The number of halogens is 2. The summed E-state index contributed by atoms with van der Waals surface area (Å²) in [7, 11) is 2.03. The molecule has 3 atom stereocenters.